The summed E-state index contributed by atoms with van der Waals surface area (Å²) in [4.78, 5) is 26.1. The maximum Gasteiger partial charge on any atom is 0.248 e. The van der Waals surface area contributed by atoms with E-state index in [0.29, 0.717) is 23.0 Å². The highest BCUT2D eigenvalue weighted by Gasteiger charge is 2.45. The minimum absolute atomic E-state index is 0.101. The van der Waals surface area contributed by atoms with Crippen LogP contribution in [0.25, 0.3) is 0 Å². The van der Waals surface area contributed by atoms with E-state index in [2.05, 4.69) is 20.9 Å². The van der Waals surface area contributed by atoms with E-state index in [1.54, 1.807) is 12.1 Å². The fourth-order valence-corrected chi connectivity index (χ4v) is 7.81. The number of carbonyl (C=O) groups excluding carboxylic acids is 2. The molecule has 16 heteroatoms. The highest BCUT2D eigenvalue weighted by Crippen LogP contribution is 2.46. The number of hydrogen-bond acceptors (Lipinski definition) is 10. The van der Waals surface area contributed by atoms with Crippen molar-refractivity contribution in [1.82, 2.24) is 10.3 Å². The van der Waals surface area contributed by atoms with Crippen LogP contribution in [-0.4, -0.2) is 34.0 Å². The van der Waals surface area contributed by atoms with Gasteiger partial charge in [0.2, 0.25) is 35.4 Å². The monoisotopic (exact) mass is 822 g/mol. The number of nitrogens with zero attached hydrogens (tertiary/aromatic N) is 6. The topological polar surface area (TPSA) is 205 Å². The second kappa shape index (κ2) is 18.6. The van der Waals surface area contributed by atoms with Gasteiger partial charge in [-0.3, -0.25) is 20.2 Å². The van der Waals surface area contributed by atoms with Gasteiger partial charge in [0.15, 0.2) is 0 Å². The number of amides is 2. The highest BCUT2D eigenvalue weighted by atomic mass is 19.3. The van der Waals surface area contributed by atoms with Crippen LogP contribution < -0.4 is 10.6 Å². The van der Waals surface area contributed by atoms with Crippen LogP contribution in [0.1, 0.15) is 152 Å². The Morgan fingerprint density at radius 2 is 1.22 bits per heavy atom. The van der Waals surface area contributed by atoms with Gasteiger partial charge in [-0.15, -0.1) is 0 Å². The first-order valence-corrected chi connectivity index (χ1v) is 19.9. The summed E-state index contributed by atoms with van der Waals surface area (Å²) in [5, 5.41) is 50.3. The molecule has 3 aliphatic rings. The Morgan fingerprint density at radius 1 is 0.750 bits per heavy atom. The van der Waals surface area contributed by atoms with Crippen molar-refractivity contribution in [1.29, 1.82) is 21.0 Å². The second-order valence-corrected chi connectivity index (χ2v) is 16.0. The van der Waals surface area contributed by atoms with E-state index in [1.165, 1.54) is 36.4 Å². The van der Waals surface area contributed by atoms with Crippen molar-refractivity contribution in [2.75, 3.05) is 10.6 Å². The fraction of sp³-hybridized carbons (Fsp3) is 0.455. The Hall–Kier alpha value is -6.52. The normalized spacial score (nSPS) is 18.1. The van der Waals surface area contributed by atoms with Gasteiger partial charge < -0.3 is 9.05 Å². The molecule has 4 aromatic rings. The third-order valence-electron chi connectivity index (χ3n) is 11.4. The van der Waals surface area contributed by atoms with Crippen LogP contribution in [0.2, 0.25) is 0 Å². The summed E-state index contributed by atoms with van der Waals surface area (Å²) in [6.07, 6.45) is 5.72. The Bertz CT molecular complexity index is 2300. The number of hydrogen-bond donors (Lipinski definition) is 2. The summed E-state index contributed by atoms with van der Waals surface area (Å²) in [6.45, 7) is 0.836. The third-order valence-corrected chi connectivity index (χ3v) is 11.4. The van der Waals surface area contributed by atoms with E-state index in [-0.39, 0.29) is 66.1 Å². The van der Waals surface area contributed by atoms with Gasteiger partial charge in [-0.2, -0.15) is 21.0 Å². The molecule has 2 amide bonds. The molecule has 2 aromatic heterocycles. The zero-order valence-corrected chi connectivity index (χ0v) is 32.8. The largest absolute Gasteiger partial charge is 0.338 e. The van der Waals surface area contributed by atoms with Crippen LogP contribution >= 0.6 is 0 Å². The molecule has 0 spiro atoms. The lowest BCUT2D eigenvalue weighted by molar-refractivity contribution is -0.119. The molecular weight excluding hydrogens is 781 g/mol. The van der Waals surface area contributed by atoms with E-state index in [1.807, 2.05) is 24.3 Å². The summed E-state index contributed by atoms with van der Waals surface area (Å²) in [7, 11) is 0. The van der Waals surface area contributed by atoms with E-state index < -0.39 is 47.8 Å². The van der Waals surface area contributed by atoms with Crippen LogP contribution in [0.5, 0.6) is 0 Å². The van der Waals surface area contributed by atoms with Crippen LogP contribution in [0.3, 0.4) is 0 Å². The van der Waals surface area contributed by atoms with Crippen LogP contribution in [-0.2, 0) is 9.59 Å². The van der Waals surface area contributed by atoms with Crippen molar-refractivity contribution in [2.24, 2.45) is 5.92 Å². The first-order valence-electron chi connectivity index (χ1n) is 19.9. The Kier molecular flexibility index (Phi) is 13.3. The molecule has 310 valence electrons. The number of aromatic nitrogens is 2. The van der Waals surface area contributed by atoms with Crippen molar-refractivity contribution in [3.63, 3.8) is 0 Å². The molecule has 3 saturated carbocycles. The Labute approximate surface area is 344 Å². The lowest BCUT2D eigenvalue weighted by atomic mass is 9.82. The summed E-state index contributed by atoms with van der Waals surface area (Å²) in [6, 6.07) is 20.0. The molecule has 0 radical (unpaired) electrons. The lowest BCUT2D eigenvalue weighted by Gasteiger charge is -2.23. The number of anilines is 2. The first-order chi connectivity index (χ1) is 28.7. The third kappa shape index (κ3) is 10.9. The van der Waals surface area contributed by atoms with Crippen LogP contribution in [0, 0.1) is 51.2 Å². The van der Waals surface area contributed by atoms with Crippen molar-refractivity contribution in [3.05, 3.63) is 93.3 Å². The smallest absolute Gasteiger partial charge is 0.248 e. The standard InChI is InChI=1S/C22H20F2N4O2.C22H22F2N4O2/c23-22(24)5-4-16(10-22)20(17-7-13(11-25)6-14(8-17)12-26)21(29)27-19-9-18(28-30-19)15-2-1-3-15;1-22(23,24)7-3-6-18(17-9-14(12-25)8-15(10-17)13-26)21(29)27-20-11-19(28-30-20)16-4-2-5-16/h6-9,15-16,20H,1-5,10H2,(H,27,29);8-11,16,18H,2-7H2,1H3,(H,27,29)/t16-,20-;18-/m00/s1. The SMILES string of the molecule is CC(F)(F)CCC[C@H](C(=O)Nc1cc(C2CCC2)no1)c1cc(C#N)cc(C#N)c1.N#Cc1cc(C#N)cc([C@@H](C(=O)Nc2cc(C3CCC3)no2)[C@H]2CCC(F)(F)C2)c1. The van der Waals surface area contributed by atoms with E-state index >= 15 is 0 Å². The van der Waals surface area contributed by atoms with Crippen molar-refractivity contribution in [2.45, 2.75) is 119 Å². The van der Waals surface area contributed by atoms with Gasteiger partial charge in [-0.25, -0.2) is 17.6 Å². The molecule has 0 unspecified atom stereocenters. The van der Waals surface area contributed by atoms with Gasteiger partial charge in [0.1, 0.15) is 0 Å². The van der Waals surface area contributed by atoms with E-state index in [4.69, 9.17) is 9.05 Å². The zero-order valence-electron chi connectivity index (χ0n) is 32.8. The van der Waals surface area contributed by atoms with Crippen molar-refractivity contribution < 1.29 is 36.2 Å². The second-order valence-electron chi connectivity index (χ2n) is 16.0. The summed E-state index contributed by atoms with van der Waals surface area (Å²) < 4.78 is 64.8. The predicted molar refractivity (Wildman–Crippen MR) is 207 cm³/mol. The number of halogens is 4. The van der Waals surface area contributed by atoms with Gasteiger partial charge in [0.05, 0.1) is 69.8 Å². The molecule has 2 heterocycles. The number of rotatable bonds is 13. The summed E-state index contributed by atoms with van der Waals surface area (Å²) in [5.74, 6) is -7.96. The maximum absolute atomic E-state index is 13.9. The lowest BCUT2D eigenvalue weighted by Crippen LogP contribution is -2.27. The first kappa shape index (κ1) is 43.1. The average Bonchev–Trinajstić information content (AvgIpc) is 3.91. The number of nitriles is 4. The number of carbonyl (C=O) groups is 2. The Morgan fingerprint density at radius 3 is 1.62 bits per heavy atom. The molecule has 3 fully saturated rings. The van der Waals surface area contributed by atoms with Crippen LogP contribution in [0.15, 0.2) is 57.6 Å². The number of alkyl halides is 4. The zero-order chi connectivity index (χ0) is 43.0. The highest BCUT2D eigenvalue weighted by molar-refractivity contribution is 5.96. The van der Waals surface area contributed by atoms with Gasteiger partial charge in [0.25, 0.3) is 0 Å². The molecular formula is C44H42F4N8O4. The van der Waals surface area contributed by atoms with Gasteiger partial charge >= 0.3 is 0 Å². The molecule has 0 saturated heterocycles. The molecule has 7 rings (SSSR count). The maximum atomic E-state index is 13.9. The number of benzene rings is 2. The van der Waals surface area contributed by atoms with Crippen molar-refractivity contribution in [3.8, 4) is 24.3 Å². The molecule has 3 aliphatic carbocycles. The molecule has 3 atom stereocenters. The quantitative estimate of drug-likeness (QED) is 0.122. The molecule has 2 N–H and O–H groups in total. The summed E-state index contributed by atoms with van der Waals surface area (Å²) in [5.41, 5.74) is 3.25. The summed E-state index contributed by atoms with van der Waals surface area (Å²) >= 11 is 0. The molecule has 0 bridgehead atoms. The molecule has 60 heavy (non-hydrogen) atoms. The minimum Gasteiger partial charge on any atom is -0.338 e. The number of nitrogens with one attached hydrogen (secondary N) is 2. The molecule has 2 aromatic carbocycles. The Balaban J connectivity index is 0.000000201. The van der Waals surface area contributed by atoms with Gasteiger partial charge in [0, 0.05) is 43.2 Å². The molecule has 0 aliphatic heterocycles. The van der Waals surface area contributed by atoms with Gasteiger partial charge in [-0.1, -0.05) is 23.2 Å². The predicted octanol–water partition coefficient (Wildman–Crippen LogP) is 10.1. The van der Waals surface area contributed by atoms with E-state index in [9.17, 15) is 48.2 Å². The van der Waals surface area contributed by atoms with Gasteiger partial charge in [-0.05, 0) is 105 Å². The molecule has 12 nitrogen and oxygen atoms in total. The van der Waals surface area contributed by atoms with E-state index in [0.717, 1.165) is 56.8 Å². The van der Waals surface area contributed by atoms with Crippen molar-refractivity contribution >= 4 is 23.6 Å². The van der Waals surface area contributed by atoms with Crippen LogP contribution in [0.4, 0.5) is 29.3 Å². The fourth-order valence-electron chi connectivity index (χ4n) is 7.81. The average molecular weight is 823 g/mol. The minimum atomic E-state index is -2.84.